The van der Waals surface area contributed by atoms with Crippen molar-refractivity contribution in [2.24, 2.45) is 4.99 Å². The van der Waals surface area contributed by atoms with E-state index in [1.807, 2.05) is 18.2 Å². The maximum absolute atomic E-state index is 5.94. The topological polar surface area (TPSA) is 34.5 Å². The second-order valence-corrected chi connectivity index (χ2v) is 4.65. The van der Waals surface area contributed by atoms with Gasteiger partial charge in [0, 0.05) is 12.6 Å². The summed E-state index contributed by atoms with van der Waals surface area (Å²) in [5.41, 5.74) is 3.48. The minimum atomic E-state index is 0.151. The summed E-state index contributed by atoms with van der Waals surface area (Å²) < 4.78 is 5.94. The first-order chi connectivity index (χ1) is 8.92. The highest BCUT2D eigenvalue weighted by Crippen LogP contribution is 2.40. The van der Waals surface area contributed by atoms with Gasteiger partial charge < -0.3 is 4.74 Å². The first-order valence-electron chi connectivity index (χ1n) is 6.15. The molecule has 1 unspecified atom stereocenters. The minimum Gasteiger partial charge on any atom is -0.470 e. The number of hydrogen-bond donors (Lipinski definition) is 0. The van der Waals surface area contributed by atoms with Gasteiger partial charge in [-0.15, -0.1) is 0 Å². The quantitative estimate of drug-likeness (QED) is 0.762. The lowest BCUT2D eigenvalue weighted by Crippen LogP contribution is -2.14. The molecule has 2 heterocycles. The molecule has 0 N–H and O–H groups in total. The van der Waals surface area contributed by atoms with Crippen LogP contribution in [0.1, 0.15) is 22.9 Å². The summed E-state index contributed by atoms with van der Waals surface area (Å²) in [5, 5.41) is 0. The number of pyridine rings is 1. The van der Waals surface area contributed by atoms with Gasteiger partial charge in [-0.05, 0) is 23.3 Å². The molecule has 1 aromatic heterocycles. The van der Waals surface area contributed by atoms with E-state index in [0.29, 0.717) is 5.90 Å². The Morgan fingerprint density at radius 2 is 1.94 bits per heavy atom. The van der Waals surface area contributed by atoms with Crippen LogP contribution in [0.3, 0.4) is 0 Å². The maximum atomic E-state index is 5.94. The molecule has 2 aliphatic rings. The molecule has 0 radical (unpaired) electrons. The van der Waals surface area contributed by atoms with Crippen LogP contribution in [0.5, 0.6) is 0 Å². The molecule has 1 aliphatic heterocycles. The molecule has 18 heavy (non-hydrogen) atoms. The van der Waals surface area contributed by atoms with Gasteiger partial charge in [0.1, 0.15) is 17.8 Å². The third kappa shape index (κ3) is 1.37. The van der Waals surface area contributed by atoms with Crippen molar-refractivity contribution in [3.8, 4) is 0 Å². The number of rotatable bonds is 1. The van der Waals surface area contributed by atoms with E-state index in [-0.39, 0.29) is 12.1 Å². The highest BCUT2D eigenvalue weighted by atomic mass is 16.5. The Kier molecular flexibility index (Phi) is 2.00. The molecule has 2 atom stereocenters. The average Bonchev–Trinajstić information content (AvgIpc) is 2.97. The molecule has 3 heteroatoms. The Bertz CT molecular complexity index is 621. The van der Waals surface area contributed by atoms with E-state index in [1.165, 1.54) is 11.1 Å². The lowest BCUT2D eigenvalue weighted by Gasteiger charge is -2.08. The summed E-state index contributed by atoms with van der Waals surface area (Å²) >= 11 is 0. The zero-order valence-corrected chi connectivity index (χ0v) is 9.78. The molecule has 0 saturated carbocycles. The number of benzene rings is 1. The average molecular weight is 236 g/mol. The van der Waals surface area contributed by atoms with Crippen molar-refractivity contribution in [2.45, 2.75) is 18.6 Å². The minimum absolute atomic E-state index is 0.151. The molecule has 4 rings (SSSR count). The Balaban J connectivity index is 1.74. The zero-order valence-electron chi connectivity index (χ0n) is 9.78. The SMILES string of the molecule is c1ccc(C2=NC3c4ccccc4C[C@@H]3O2)nc1. The van der Waals surface area contributed by atoms with Crippen LogP contribution in [-0.4, -0.2) is 17.0 Å². The summed E-state index contributed by atoms with van der Waals surface area (Å²) in [6, 6.07) is 14.4. The van der Waals surface area contributed by atoms with Crippen molar-refractivity contribution in [3.63, 3.8) is 0 Å². The maximum Gasteiger partial charge on any atom is 0.236 e. The smallest absolute Gasteiger partial charge is 0.236 e. The van der Waals surface area contributed by atoms with E-state index in [4.69, 9.17) is 9.73 Å². The van der Waals surface area contributed by atoms with Gasteiger partial charge in [-0.1, -0.05) is 30.3 Å². The predicted molar refractivity (Wildman–Crippen MR) is 68.5 cm³/mol. The monoisotopic (exact) mass is 236 g/mol. The molecule has 88 valence electrons. The second-order valence-electron chi connectivity index (χ2n) is 4.65. The normalized spacial score (nSPS) is 24.1. The molecule has 0 bridgehead atoms. The molecular formula is C15H12N2O. The summed E-state index contributed by atoms with van der Waals surface area (Å²) in [7, 11) is 0. The number of nitrogens with zero attached hydrogens (tertiary/aromatic N) is 2. The van der Waals surface area contributed by atoms with Gasteiger partial charge in [-0.25, -0.2) is 4.99 Å². The molecule has 1 aromatic carbocycles. The molecular weight excluding hydrogens is 224 g/mol. The van der Waals surface area contributed by atoms with Crippen LogP contribution in [0.2, 0.25) is 0 Å². The molecule has 2 aromatic rings. The predicted octanol–water partition coefficient (Wildman–Crippen LogP) is 2.52. The molecule has 3 nitrogen and oxygen atoms in total. The van der Waals surface area contributed by atoms with Crippen LogP contribution in [0.25, 0.3) is 0 Å². The van der Waals surface area contributed by atoms with Crippen molar-refractivity contribution in [1.29, 1.82) is 0 Å². The van der Waals surface area contributed by atoms with Crippen molar-refractivity contribution in [1.82, 2.24) is 4.98 Å². The molecule has 0 amide bonds. The fraction of sp³-hybridized carbons (Fsp3) is 0.200. The number of ether oxygens (including phenoxy) is 1. The molecule has 0 saturated heterocycles. The van der Waals surface area contributed by atoms with E-state index >= 15 is 0 Å². The molecule has 1 aliphatic carbocycles. The number of hydrogen-bond acceptors (Lipinski definition) is 3. The fourth-order valence-electron chi connectivity index (χ4n) is 2.71. The van der Waals surface area contributed by atoms with Gasteiger partial charge in [0.15, 0.2) is 0 Å². The zero-order chi connectivity index (χ0) is 11.9. The van der Waals surface area contributed by atoms with E-state index in [0.717, 1.165) is 12.1 Å². The van der Waals surface area contributed by atoms with Gasteiger partial charge in [0.05, 0.1) is 0 Å². The van der Waals surface area contributed by atoms with Gasteiger partial charge in [-0.2, -0.15) is 0 Å². The Hall–Kier alpha value is -2.16. The Labute approximate surface area is 105 Å². The third-order valence-corrected chi connectivity index (χ3v) is 3.55. The highest BCUT2D eigenvalue weighted by molar-refractivity contribution is 5.93. The van der Waals surface area contributed by atoms with Crippen LogP contribution in [-0.2, 0) is 11.2 Å². The summed E-state index contributed by atoms with van der Waals surface area (Å²) in [6.45, 7) is 0. The summed E-state index contributed by atoms with van der Waals surface area (Å²) in [5.74, 6) is 0.681. The fourth-order valence-corrected chi connectivity index (χ4v) is 2.71. The Morgan fingerprint density at radius 1 is 1.06 bits per heavy atom. The van der Waals surface area contributed by atoms with Crippen LogP contribution in [0, 0.1) is 0 Å². The number of aromatic nitrogens is 1. The Morgan fingerprint density at radius 3 is 2.83 bits per heavy atom. The van der Waals surface area contributed by atoms with Crippen molar-refractivity contribution in [2.75, 3.05) is 0 Å². The van der Waals surface area contributed by atoms with Crippen molar-refractivity contribution < 1.29 is 4.74 Å². The first kappa shape index (κ1) is 9.83. The number of aliphatic imine (C=N–C) groups is 1. The second kappa shape index (κ2) is 3.67. The van der Waals surface area contributed by atoms with Crippen LogP contribution < -0.4 is 0 Å². The summed E-state index contributed by atoms with van der Waals surface area (Å²) in [4.78, 5) is 8.98. The van der Waals surface area contributed by atoms with Gasteiger partial charge in [-0.3, -0.25) is 4.98 Å². The van der Waals surface area contributed by atoms with E-state index in [1.54, 1.807) is 6.20 Å². The van der Waals surface area contributed by atoms with E-state index in [2.05, 4.69) is 29.2 Å². The van der Waals surface area contributed by atoms with Crippen LogP contribution in [0.15, 0.2) is 53.7 Å². The van der Waals surface area contributed by atoms with Gasteiger partial charge in [0.2, 0.25) is 5.90 Å². The van der Waals surface area contributed by atoms with Crippen LogP contribution >= 0.6 is 0 Å². The highest BCUT2D eigenvalue weighted by Gasteiger charge is 2.39. The van der Waals surface area contributed by atoms with E-state index in [9.17, 15) is 0 Å². The first-order valence-corrected chi connectivity index (χ1v) is 6.15. The number of fused-ring (bicyclic) bond motifs is 3. The van der Waals surface area contributed by atoms with E-state index < -0.39 is 0 Å². The third-order valence-electron chi connectivity index (χ3n) is 3.55. The summed E-state index contributed by atoms with van der Waals surface area (Å²) in [6.07, 6.45) is 2.86. The molecule has 0 spiro atoms. The lowest BCUT2D eigenvalue weighted by molar-refractivity contribution is 0.206. The lowest BCUT2D eigenvalue weighted by atomic mass is 10.1. The van der Waals surface area contributed by atoms with Crippen molar-refractivity contribution in [3.05, 3.63) is 65.5 Å². The standard InChI is InChI=1S/C15H12N2O/c1-2-6-11-10(5-1)9-13-14(11)17-15(18-13)12-7-3-4-8-16-12/h1-8,13-14H,9H2/t13-,14?/m0/s1. The van der Waals surface area contributed by atoms with Crippen LogP contribution in [0.4, 0.5) is 0 Å². The van der Waals surface area contributed by atoms with Crippen molar-refractivity contribution >= 4 is 5.90 Å². The largest absolute Gasteiger partial charge is 0.470 e. The van der Waals surface area contributed by atoms with Gasteiger partial charge >= 0.3 is 0 Å². The van der Waals surface area contributed by atoms with Gasteiger partial charge in [0.25, 0.3) is 0 Å². The molecule has 0 fully saturated rings.